The predicted octanol–water partition coefficient (Wildman–Crippen LogP) is 0.490. The van der Waals surface area contributed by atoms with Crippen molar-refractivity contribution >= 4 is 17.6 Å². The van der Waals surface area contributed by atoms with Crippen LogP contribution in [0.1, 0.15) is 0 Å². The van der Waals surface area contributed by atoms with Gasteiger partial charge >= 0.3 is 0 Å². The van der Waals surface area contributed by atoms with Crippen LogP contribution in [0.25, 0.3) is 0 Å². The third-order valence-corrected chi connectivity index (χ3v) is 1.75. The van der Waals surface area contributed by atoms with Crippen molar-refractivity contribution in [3.63, 3.8) is 0 Å². The van der Waals surface area contributed by atoms with Crippen molar-refractivity contribution in [2.75, 3.05) is 11.5 Å². The molecular weight excluding hydrogens is 174 g/mol. The minimum absolute atomic E-state index is 0.137. The van der Waals surface area contributed by atoms with Crippen molar-refractivity contribution < 1.29 is 5.11 Å². The Labute approximate surface area is 74.2 Å². The summed E-state index contributed by atoms with van der Waals surface area (Å²) in [5.41, 5.74) is 5.36. The first-order valence-electron chi connectivity index (χ1n) is 3.12. The fourth-order valence-electron chi connectivity index (χ4n) is 0.601. The number of nitrogens with two attached hydrogens (primary N) is 1. The van der Waals surface area contributed by atoms with E-state index in [1.165, 1.54) is 17.8 Å². The van der Waals surface area contributed by atoms with Crippen molar-refractivity contribution in [3.8, 4) is 18.2 Å². The van der Waals surface area contributed by atoms with Crippen LogP contribution >= 0.6 is 11.8 Å². The zero-order valence-electron chi connectivity index (χ0n) is 6.19. The molecule has 0 radical (unpaired) electrons. The standard InChI is InChI=1S/C7H7N3OS/c1-2-3-12-7-9-5(8)4-6(11)10-7/h1,4H,3H2,(H3,8,9,10,11). The summed E-state index contributed by atoms with van der Waals surface area (Å²) in [6.07, 6.45) is 5.03. The number of hydrogen-bond acceptors (Lipinski definition) is 5. The molecular formula is C7H7N3OS. The Balaban J connectivity index is 2.80. The number of aromatic hydroxyl groups is 1. The summed E-state index contributed by atoms with van der Waals surface area (Å²) in [7, 11) is 0. The third kappa shape index (κ3) is 2.32. The van der Waals surface area contributed by atoms with Crippen LogP contribution in [0.15, 0.2) is 11.2 Å². The van der Waals surface area contributed by atoms with Gasteiger partial charge in [0.2, 0.25) is 5.88 Å². The smallest absolute Gasteiger partial charge is 0.216 e. The Kier molecular flexibility index (Phi) is 2.77. The summed E-state index contributed by atoms with van der Waals surface area (Å²) >= 11 is 1.25. The van der Waals surface area contributed by atoms with E-state index in [-0.39, 0.29) is 11.7 Å². The van der Waals surface area contributed by atoms with E-state index in [1.807, 2.05) is 0 Å². The first-order valence-corrected chi connectivity index (χ1v) is 4.10. The van der Waals surface area contributed by atoms with Gasteiger partial charge in [0.25, 0.3) is 0 Å². The lowest BCUT2D eigenvalue weighted by Gasteiger charge is -1.98. The molecule has 0 saturated heterocycles. The zero-order chi connectivity index (χ0) is 8.97. The van der Waals surface area contributed by atoms with Crippen molar-refractivity contribution in [1.29, 1.82) is 0 Å². The van der Waals surface area contributed by atoms with Crippen LogP contribution in [-0.4, -0.2) is 20.8 Å². The van der Waals surface area contributed by atoms with Crippen molar-refractivity contribution in [1.82, 2.24) is 9.97 Å². The van der Waals surface area contributed by atoms with E-state index < -0.39 is 0 Å². The highest BCUT2D eigenvalue weighted by molar-refractivity contribution is 7.99. The molecule has 1 aromatic rings. The van der Waals surface area contributed by atoms with Gasteiger partial charge in [0.1, 0.15) is 5.82 Å². The Hall–Kier alpha value is -1.41. The lowest BCUT2D eigenvalue weighted by Crippen LogP contribution is -1.94. The summed E-state index contributed by atoms with van der Waals surface area (Å²) in [6, 6.07) is 1.28. The monoisotopic (exact) mass is 181 g/mol. The second kappa shape index (κ2) is 3.83. The average molecular weight is 181 g/mol. The minimum atomic E-state index is -0.137. The first kappa shape index (κ1) is 8.68. The van der Waals surface area contributed by atoms with E-state index in [2.05, 4.69) is 15.9 Å². The van der Waals surface area contributed by atoms with Gasteiger partial charge in [0.05, 0.1) is 5.75 Å². The van der Waals surface area contributed by atoms with Crippen LogP contribution in [0.2, 0.25) is 0 Å². The highest BCUT2D eigenvalue weighted by atomic mass is 32.2. The molecule has 0 aliphatic heterocycles. The molecule has 1 rings (SSSR count). The average Bonchev–Trinajstić information content (AvgIpc) is 1.99. The normalized spacial score (nSPS) is 9.25. The molecule has 0 unspecified atom stereocenters. The van der Waals surface area contributed by atoms with Gasteiger partial charge in [-0.25, -0.2) is 4.98 Å². The molecule has 0 saturated carbocycles. The molecule has 1 aromatic heterocycles. The van der Waals surface area contributed by atoms with Gasteiger partial charge in [-0.15, -0.1) is 6.42 Å². The molecule has 0 aromatic carbocycles. The van der Waals surface area contributed by atoms with E-state index in [0.717, 1.165) is 0 Å². The summed E-state index contributed by atoms with van der Waals surface area (Å²) < 4.78 is 0. The van der Waals surface area contributed by atoms with E-state index in [4.69, 9.17) is 17.3 Å². The molecule has 5 heteroatoms. The largest absolute Gasteiger partial charge is 0.493 e. The number of terminal acetylenes is 1. The third-order valence-electron chi connectivity index (χ3n) is 0.997. The molecule has 12 heavy (non-hydrogen) atoms. The number of thioether (sulfide) groups is 1. The van der Waals surface area contributed by atoms with Crippen molar-refractivity contribution in [2.45, 2.75) is 5.16 Å². The predicted molar refractivity (Wildman–Crippen MR) is 47.7 cm³/mol. The molecule has 0 aliphatic carbocycles. The molecule has 0 bridgehead atoms. The SMILES string of the molecule is C#CCSc1nc(N)cc(O)n1. The Morgan fingerprint density at radius 1 is 1.67 bits per heavy atom. The quantitative estimate of drug-likeness (QED) is 0.394. The van der Waals surface area contributed by atoms with Crippen LogP contribution in [-0.2, 0) is 0 Å². The maximum absolute atomic E-state index is 9.00. The van der Waals surface area contributed by atoms with E-state index in [9.17, 15) is 0 Å². The Bertz CT molecular complexity index is 301. The summed E-state index contributed by atoms with van der Waals surface area (Å²) in [5.74, 6) is 2.98. The number of anilines is 1. The summed E-state index contributed by atoms with van der Waals surface area (Å²) in [5, 5.41) is 9.39. The van der Waals surface area contributed by atoms with Crippen molar-refractivity contribution in [3.05, 3.63) is 6.07 Å². The second-order valence-electron chi connectivity index (χ2n) is 1.93. The van der Waals surface area contributed by atoms with E-state index in [0.29, 0.717) is 10.9 Å². The number of nitrogen functional groups attached to an aromatic ring is 1. The fourth-order valence-corrected chi connectivity index (χ4v) is 1.14. The molecule has 62 valence electrons. The molecule has 1 heterocycles. The topological polar surface area (TPSA) is 72.0 Å². The molecule has 0 atom stereocenters. The molecule has 4 nitrogen and oxygen atoms in total. The van der Waals surface area contributed by atoms with Gasteiger partial charge in [-0.3, -0.25) is 0 Å². The molecule has 0 aliphatic rings. The lowest BCUT2D eigenvalue weighted by molar-refractivity contribution is 0.446. The zero-order valence-corrected chi connectivity index (χ0v) is 7.01. The maximum Gasteiger partial charge on any atom is 0.216 e. The highest BCUT2D eigenvalue weighted by Crippen LogP contribution is 2.17. The van der Waals surface area contributed by atoms with Crippen LogP contribution < -0.4 is 5.73 Å². The van der Waals surface area contributed by atoms with Crippen LogP contribution in [0.5, 0.6) is 5.88 Å². The number of nitrogens with zero attached hydrogens (tertiary/aromatic N) is 2. The molecule has 3 N–H and O–H groups in total. The summed E-state index contributed by atoms with van der Waals surface area (Å²) in [6.45, 7) is 0. The first-order chi connectivity index (χ1) is 5.72. The van der Waals surface area contributed by atoms with Gasteiger partial charge in [-0.05, 0) is 0 Å². The number of hydrogen-bond donors (Lipinski definition) is 2. The molecule has 0 spiro atoms. The van der Waals surface area contributed by atoms with Gasteiger partial charge in [0.15, 0.2) is 5.16 Å². The Morgan fingerprint density at radius 2 is 2.42 bits per heavy atom. The fraction of sp³-hybridized carbons (Fsp3) is 0.143. The van der Waals surface area contributed by atoms with Gasteiger partial charge in [0, 0.05) is 6.07 Å². The van der Waals surface area contributed by atoms with Gasteiger partial charge < -0.3 is 10.8 Å². The van der Waals surface area contributed by atoms with E-state index >= 15 is 0 Å². The number of rotatable bonds is 2. The minimum Gasteiger partial charge on any atom is -0.493 e. The maximum atomic E-state index is 9.00. The molecule has 0 fully saturated rings. The van der Waals surface area contributed by atoms with E-state index in [1.54, 1.807) is 0 Å². The van der Waals surface area contributed by atoms with Crippen LogP contribution in [0, 0.1) is 12.3 Å². The number of aromatic nitrogens is 2. The Morgan fingerprint density at radius 3 is 3.00 bits per heavy atom. The molecule has 0 amide bonds. The summed E-state index contributed by atoms with van der Waals surface area (Å²) in [4.78, 5) is 7.55. The van der Waals surface area contributed by atoms with Gasteiger partial charge in [-0.1, -0.05) is 17.7 Å². The van der Waals surface area contributed by atoms with Crippen molar-refractivity contribution in [2.24, 2.45) is 0 Å². The van der Waals surface area contributed by atoms with Crippen LogP contribution in [0.3, 0.4) is 0 Å². The van der Waals surface area contributed by atoms with Gasteiger partial charge in [-0.2, -0.15) is 4.98 Å². The second-order valence-corrected chi connectivity index (χ2v) is 2.87. The lowest BCUT2D eigenvalue weighted by atomic mass is 10.6. The highest BCUT2D eigenvalue weighted by Gasteiger charge is 2.00. The van der Waals surface area contributed by atoms with Crippen LogP contribution in [0.4, 0.5) is 5.82 Å².